The van der Waals surface area contributed by atoms with Crippen molar-refractivity contribution in [3.63, 3.8) is 0 Å². The fraction of sp³-hybridized carbons (Fsp3) is 0.0769. The van der Waals surface area contributed by atoms with Crippen LogP contribution in [0.3, 0.4) is 0 Å². The van der Waals surface area contributed by atoms with Crippen molar-refractivity contribution in [1.82, 2.24) is 0 Å². The van der Waals surface area contributed by atoms with Crippen LogP contribution in [0.2, 0.25) is 0 Å². The Morgan fingerprint density at radius 3 is 1.29 bits per heavy atom. The average molecular weight is 364 g/mol. The van der Waals surface area contributed by atoms with Crippen LogP contribution in [0.15, 0.2) is 122 Å². The van der Waals surface area contributed by atoms with Crippen LogP contribution in [0.4, 0.5) is 0 Å². The molecule has 0 aliphatic carbocycles. The molecule has 28 heavy (non-hydrogen) atoms. The van der Waals surface area contributed by atoms with Gasteiger partial charge in [0.25, 0.3) is 0 Å². The minimum absolute atomic E-state index is 0.861. The third-order valence-electron chi connectivity index (χ3n) is 4.73. The monoisotopic (exact) mass is 364 g/mol. The highest BCUT2D eigenvalue weighted by Gasteiger charge is 2.04. The Labute approximate surface area is 166 Å². The summed E-state index contributed by atoms with van der Waals surface area (Å²) in [7, 11) is 0. The summed E-state index contributed by atoms with van der Waals surface area (Å²) in [5, 5.41) is 0. The quantitative estimate of drug-likeness (QED) is 0.341. The smallest absolute Gasteiger partial charge is 0.176 e. The lowest BCUT2D eigenvalue weighted by Crippen LogP contribution is -2.33. The van der Waals surface area contributed by atoms with Gasteiger partial charge >= 0.3 is 0 Å². The Kier molecular flexibility index (Phi) is 5.69. The molecule has 136 valence electrons. The first kappa shape index (κ1) is 17.9. The van der Waals surface area contributed by atoms with Crippen LogP contribution in [-0.2, 0) is 13.1 Å². The summed E-state index contributed by atoms with van der Waals surface area (Å²) in [6.07, 6.45) is 13.1. The highest BCUT2D eigenvalue weighted by atomic mass is 14.9. The zero-order chi connectivity index (χ0) is 19.0. The highest BCUT2D eigenvalue weighted by Crippen LogP contribution is 2.16. The van der Waals surface area contributed by atoms with E-state index < -0.39 is 0 Å². The second kappa shape index (κ2) is 8.92. The Bertz CT molecular complexity index is 967. The third kappa shape index (κ3) is 4.60. The number of hydrogen-bond acceptors (Lipinski definition) is 0. The van der Waals surface area contributed by atoms with Gasteiger partial charge in [0.1, 0.15) is 0 Å². The lowest BCUT2D eigenvalue weighted by atomic mass is 10.1. The van der Waals surface area contributed by atoms with Crippen molar-refractivity contribution in [3.8, 4) is 22.3 Å². The van der Waals surface area contributed by atoms with E-state index in [2.05, 4.69) is 119 Å². The van der Waals surface area contributed by atoms with Gasteiger partial charge in [0.2, 0.25) is 0 Å². The van der Waals surface area contributed by atoms with Gasteiger partial charge in [-0.1, -0.05) is 60.7 Å². The maximum absolute atomic E-state index is 2.22. The molecule has 0 aliphatic rings. The van der Waals surface area contributed by atoms with Gasteiger partial charge in [-0.25, -0.2) is 9.13 Å². The summed E-state index contributed by atoms with van der Waals surface area (Å²) in [4.78, 5) is 0. The molecule has 0 saturated heterocycles. The molecule has 2 nitrogen and oxygen atoms in total. The molecular formula is C26H24N2+2. The fourth-order valence-electron chi connectivity index (χ4n) is 3.27. The van der Waals surface area contributed by atoms with Crippen LogP contribution in [0.1, 0.15) is 0 Å². The molecule has 0 aliphatic heterocycles. The molecule has 2 heteroatoms. The minimum atomic E-state index is 0.861. The number of nitrogens with zero attached hydrogens (tertiary/aromatic N) is 2. The Hall–Kier alpha value is -3.52. The second-order valence-corrected chi connectivity index (χ2v) is 6.78. The van der Waals surface area contributed by atoms with E-state index in [4.69, 9.17) is 0 Å². The molecule has 0 N–H and O–H groups in total. The van der Waals surface area contributed by atoms with Crippen molar-refractivity contribution in [1.29, 1.82) is 0 Å². The maximum atomic E-state index is 2.22. The second-order valence-electron chi connectivity index (χ2n) is 6.78. The van der Waals surface area contributed by atoms with Crippen molar-refractivity contribution in [3.05, 3.63) is 122 Å². The lowest BCUT2D eigenvalue weighted by Gasteiger charge is -2.00. The van der Waals surface area contributed by atoms with Crippen LogP contribution in [0, 0.1) is 0 Å². The van der Waals surface area contributed by atoms with Crippen LogP contribution < -0.4 is 9.13 Å². The van der Waals surface area contributed by atoms with Crippen LogP contribution in [-0.4, -0.2) is 0 Å². The molecule has 0 unspecified atom stereocenters. The standard InChI is InChI=1S/C26H24N2/c1-3-11-23(12-4-1)25-15-9-19-27(21-25)17-7-8-18-28-20-10-16-26(22-28)24-13-5-2-6-14-24/h1-16,19-22H,17-18H2/q+2/b8-7-. The minimum Gasteiger partial charge on any atom is -0.201 e. The van der Waals surface area contributed by atoms with Gasteiger partial charge < -0.3 is 0 Å². The molecule has 0 fully saturated rings. The number of rotatable bonds is 6. The molecule has 0 bridgehead atoms. The lowest BCUT2D eigenvalue weighted by molar-refractivity contribution is -0.690. The van der Waals surface area contributed by atoms with E-state index in [9.17, 15) is 0 Å². The van der Waals surface area contributed by atoms with Gasteiger partial charge in [0.05, 0.1) is 0 Å². The largest absolute Gasteiger partial charge is 0.201 e. The van der Waals surface area contributed by atoms with Crippen molar-refractivity contribution in [2.24, 2.45) is 0 Å². The molecule has 0 amide bonds. The normalized spacial score (nSPS) is 11.0. The van der Waals surface area contributed by atoms with Crippen molar-refractivity contribution < 1.29 is 9.13 Å². The topological polar surface area (TPSA) is 7.76 Å². The van der Waals surface area contributed by atoms with Gasteiger partial charge in [-0.05, 0) is 35.4 Å². The highest BCUT2D eigenvalue weighted by molar-refractivity contribution is 5.61. The van der Waals surface area contributed by atoms with E-state index in [0.717, 1.165) is 13.1 Å². The molecule has 0 saturated carbocycles. The first-order valence-corrected chi connectivity index (χ1v) is 9.62. The molecule has 4 rings (SSSR count). The zero-order valence-electron chi connectivity index (χ0n) is 15.9. The van der Waals surface area contributed by atoms with Gasteiger partial charge in [0.15, 0.2) is 37.9 Å². The van der Waals surface area contributed by atoms with Crippen LogP contribution in [0.5, 0.6) is 0 Å². The van der Waals surface area contributed by atoms with E-state index in [1.165, 1.54) is 22.3 Å². The molecular weight excluding hydrogens is 340 g/mol. The molecule has 2 aromatic heterocycles. The zero-order valence-corrected chi connectivity index (χ0v) is 15.9. The van der Waals surface area contributed by atoms with Crippen LogP contribution in [0.25, 0.3) is 22.3 Å². The first-order chi connectivity index (χ1) is 13.9. The summed E-state index contributed by atoms with van der Waals surface area (Å²) in [6, 6.07) is 29.5. The molecule has 0 atom stereocenters. The summed E-state index contributed by atoms with van der Waals surface area (Å²) >= 11 is 0. The van der Waals surface area contributed by atoms with E-state index in [1.54, 1.807) is 0 Å². The Morgan fingerprint density at radius 2 is 0.857 bits per heavy atom. The summed E-state index contributed by atoms with van der Waals surface area (Å²) in [6.45, 7) is 1.72. The van der Waals surface area contributed by atoms with Crippen LogP contribution >= 0.6 is 0 Å². The predicted molar refractivity (Wildman–Crippen MR) is 113 cm³/mol. The summed E-state index contributed by atoms with van der Waals surface area (Å²) < 4.78 is 4.42. The van der Waals surface area contributed by atoms with E-state index in [0.29, 0.717) is 0 Å². The number of benzene rings is 2. The fourth-order valence-corrected chi connectivity index (χ4v) is 3.27. The third-order valence-corrected chi connectivity index (χ3v) is 4.73. The summed E-state index contributed by atoms with van der Waals surface area (Å²) in [5.41, 5.74) is 4.96. The SMILES string of the molecule is C(=C/C[n+]1cccc(-c2ccccc2)c1)/C[n+]1cccc(-c2ccccc2)c1. The van der Waals surface area contributed by atoms with Gasteiger partial charge in [-0.2, -0.15) is 0 Å². The number of pyridine rings is 2. The van der Waals surface area contributed by atoms with Gasteiger partial charge in [-0.3, -0.25) is 0 Å². The maximum Gasteiger partial charge on any atom is 0.176 e. The van der Waals surface area contributed by atoms with Gasteiger partial charge in [0, 0.05) is 23.3 Å². The first-order valence-electron chi connectivity index (χ1n) is 9.62. The Balaban J connectivity index is 1.40. The molecule has 2 heterocycles. The molecule has 4 aromatic rings. The molecule has 2 aromatic carbocycles. The van der Waals surface area contributed by atoms with Crippen molar-refractivity contribution >= 4 is 0 Å². The van der Waals surface area contributed by atoms with E-state index in [1.807, 2.05) is 12.1 Å². The summed E-state index contributed by atoms with van der Waals surface area (Å²) in [5.74, 6) is 0. The number of hydrogen-bond donors (Lipinski definition) is 0. The van der Waals surface area contributed by atoms with Crippen molar-refractivity contribution in [2.75, 3.05) is 0 Å². The molecule has 0 spiro atoms. The van der Waals surface area contributed by atoms with E-state index >= 15 is 0 Å². The number of aromatic nitrogens is 2. The predicted octanol–water partition coefficient (Wildman–Crippen LogP) is 4.85. The van der Waals surface area contributed by atoms with E-state index in [-0.39, 0.29) is 0 Å². The number of allylic oxidation sites excluding steroid dienone is 2. The van der Waals surface area contributed by atoms with Crippen molar-refractivity contribution in [2.45, 2.75) is 13.1 Å². The Morgan fingerprint density at radius 1 is 0.464 bits per heavy atom. The average Bonchev–Trinajstić information content (AvgIpc) is 2.78. The molecule has 0 radical (unpaired) electrons. The van der Waals surface area contributed by atoms with Gasteiger partial charge in [-0.15, -0.1) is 0 Å².